The van der Waals surface area contributed by atoms with E-state index in [0.29, 0.717) is 18.8 Å². The molecule has 3 rings (SSSR count). The first-order valence-electron chi connectivity index (χ1n) is 6.88. The van der Waals surface area contributed by atoms with Gasteiger partial charge in [0.05, 0.1) is 12.1 Å². The van der Waals surface area contributed by atoms with Crippen LogP contribution in [0.15, 0.2) is 36.4 Å². The van der Waals surface area contributed by atoms with Gasteiger partial charge in [0.1, 0.15) is 5.82 Å². The molecule has 22 heavy (non-hydrogen) atoms. The lowest BCUT2D eigenvalue weighted by atomic mass is 10.0. The van der Waals surface area contributed by atoms with E-state index in [1.165, 1.54) is 18.2 Å². The third-order valence-corrected chi connectivity index (χ3v) is 3.73. The second-order valence-corrected chi connectivity index (χ2v) is 5.25. The predicted octanol–water partition coefficient (Wildman–Crippen LogP) is 1.03. The summed E-state index contributed by atoms with van der Waals surface area (Å²) < 4.78 is 13.1. The number of hydrogen-bond acceptors (Lipinski definition) is 5. The smallest absolute Gasteiger partial charge is 0.269 e. The van der Waals surface area contributed by atoms with Gasteiger partial charge >= 0.3 is 0 Å². The number of nitrogens with two attached hydrogens (primary N) is 1. The molecule has 0 aliphatic carbocycles. The molecule has 0 bridgehead atoms. The van der Waals surface area contributed by atoms with Crippen LogP contribution < -0.4 is 10.6 Å². The lowest BCUT2D eigenvalue weighted by molar-refractivity contribution is 0.0994. The SMILES string of the molecule is NC(=O)c1ccc(N2C[C@H](O)C[C@H]2c2ccc(F)cc2)nn1. The van der Waals surface area contributed by atoms with Crippen LogP contribution in [0.25, 0.3) is 0 Å². The highest BCUT2D eigenvalue weighted by Gasteiger charge is 2.33. The number of anilines is 1. The number of carbonyl (C=O) groups is 1. The molecular weight excluding hydrogens is 287 g/mol. The van der Waals surface area contributed by atoms with Crippen LogP contribution in [0.3, 0.4) is 0 Å². The van der Waals surface area contributed by atoms with E-state index in [0.717, 1.165) is 5.56 Å². The van der Waals surface area contributed by atoms with Gasteiger partial charge in [0.25, 0.3) is 5.91 Å². The summed E-state index contributed by atoms with van der Waals surface area (Å²) in [6.45, 7) is 0.395. The molecule has 7 heteroatoms. The third kappa shape index (κ3) is 2.75. The summed E-state index contributed by atoms with van der Waals surface area (Å²) >= 11 is 0. The average molecular weight is 302 g/mol. The van der Waals surface area contributed by atoms with Crippen LogP contribution in [-0.2, 0) is 0 Å². The highest BCUT2D eigenvalue weighted by atomic mass is 19.1. The van der Waals surface area contributed by atoms with E-state index in [9.17, 15) is 14.3 Å². The zero-order valence-corrected chi connectivity index (χ0v) is 11.7. The number of nitrogens with zero attached hydrogens (tertiary/aromatic N) is 3. The number of β-amino-alcohol motifs (C(OH)–C–C–N with tert-alkyl or cyclic N) is 1. The van der Waals surface area contributed by atoms with Crippen molar-refractivity contribution in [2.75, 3.05) is 11.4 Å². The molecule has 0 saturated carbocycles. The molecular formula is C15H15FN4O2. The Morgan fingerprint density at radius 2 is 1.95 bits per heavy atom. The Morgan fingerprint density at radius 1 is 1.23 bits per heavy atom. The number of halogens is 1. The highest BCUT2D eigenvalue weighted by Crippen LogP contribution is 2.35. The Balaban J connectivity index is 1.90. The van der Waals surface area contributed by atoms with E-state index in [1.807, 2.05) is 4.90 Å². The van der Waals surface area contributed by atoms with Gasteiger partial charge in [-0.25, -0.2) is 4.39 Å². The number of benzene rings is 1. The number of rotatable bonds is 3. The Hall–Kier alpha value is -2.54. The normalized spacial score (nSPS) is 21.1. The molecule has 3 N–H and O–H groups in total. The van der Waals surface area contributed by atoms with Gasteiger partial charge in [-0.15, -0.1) is 10.2 Å². The first kappa shape index (κ1) is 14.4. The molecule has 1 aliphatic rings. The molecule has 6 nitrogen and oxygen atoms in total. The Kier molecular flexibility index (Phi) is 3.72. The zero-order chi connectivity index (χ0) is 15.7. The first-order chi connectivity index (χ1) is 10.5. The van der Waals surface area contributed by atoms with Crippen LogP contribution in [0.5, 0.6) is 0 Å². The average Bonchev–Trinajstić information content (AvgIpc) is 2.90. The van der Waals surface area contributed by atoms with Gasteiger partial charge in [-0.3, -0.25) is 4.79 Å². The molecule has 0 spiro atoms. The number of amides is 1. The Labute approximate surface area is 126 Å². The molecule has 1 saturated heterocycles. The molecule has 0 radical (unpaired) electrons. The minimum absolute atomic E-state index is 0.0850. The molecule has 2 atom stereocenters. The molecule has 1 fully saturated rings. The second kappa shape index (κ2) is 5.69. The summed E-state index contributed by atoms with van der Waals surface area (Å²) in [5.74, 6) is -0.411. The van der Waals surface area contributed by atoms with Gasteiger partial charge in [0, 0.05) is 6.54 Å². The van der Waals surface area contributed by atoms with Gasteiger partial charge < -0.3 is 15.7 Å². The molecule has 2 aromatic rings. The minimum atomic E-state index is -0.643. The molecule has 114 valence electrons. The molecule has 1 amide bonds. The molecule has 1 aromatic carbocycles. The van der Waals surface area contributed by atoms with Crippen molar-refractivity contribution in [2.24, 2.45) is 5.73 Å². The first-order valence-corrected chi connectivity index (χ1v) is 6.88. The standard InChI is InChI=1S/C15H15FN4O2/c16-10-3-1-9(2-4-10)13-7-11(21)8-20(13)14-6-5-12(15(17)22)18-19-14/h1-6,11,13,21H,7-8H2,(H2,17,22)/t11-,13+/m1/s1. The summed E-state index contributed by atoms with van der Waals surface area (Å²) in [6, 6.07) is 9.18. The number of aliphatic hydroxyl groups excluding tert-OH is 1. The Bertz CT molecular complexity index is 675. The maximum atomic E-state index is 13.1. The lowest BCUT2D eigenvalue weighted by Crippen LogP contribution is -2.26. The zero-order valence-electron chi connectivity index (χ0n) is 11.7. The fraction of sp³-hybridized carbons (Fsp3) is 0.267. The Morgan fingerprint density at radius 3 is 2.55 bits per heavy atom. The van der Waals surface area contributed by atoms with Gasteiger partial charge in [-0.05, 0) is 36.2 Å². The van der Waals surface area contributed by atoms with Crippen molar-refractivity contribution in [3.05, 3.63) is 53.5 Å². The van der Waals surface area contributed by atoms with Gasteiger partial charge in [-0.2, -0.15) is 0 Å². The molecule has 2 heterocycles. The second-order valence-electron chi connectivity index (χ2n) is 5.25. The highest BCUT2D eigenvalue weighted by molar-refractivity contribution is 5.90. The van der Waals surface area contributed by atoms with Crippen molar-refractivity contribution < 1.29 is 14.3 Å². The van der Waals surface area contributed by atoms with Crippen molar-refractivity contribution in [1.29, 1.82) is 0 Å². The summed E-state index contributed by atoms with van der Waals surface area (Å²) in [6.07, 6.45) is 0.0119. The van der Waals surface area contributed by atoms with E-state index >= 15 is 0 Å². The van der Waals surface area contributed by atoms with Crippen LogP contribution in [0.2, 0.25) is 0 Å². The van der Waals surface area contributed by atoms with Crippen molar-refractivity contribution in [3.63, 3.8) is 0 Å². The maximum Gasteiger partial charge on any atom is 0.269 e. The van der Waals surface area contributed by atoms with E-state index in [-0.39, 0.29) is 17.6 Å². The van der Waals surface area contributed by atoms with Crippen LogP contribution in [0.1, 0.15) is 28.5 Å². The number of primary amides is 1. The topological polar surface area (TPSA) is 92.3 Å². The number of hydrogen-bond donors (Lipinski definition) is 2. The molecule has 0 unspecified atom stereocenters. The summed E-state index contributed by atoms with van der Waals surface area (Å²) in [4.78, 5) is 12.9. The maximum absolute atomic E-state index is 13.1. The van der Waals surface area contributed by atoms with Gasteiger partial charge in [-0.1, -0.05) is 12.1 Å². The van der Waals surface area contributed by atoms with Gasteiger partial charge in [0.2, 0.25) is 0 Å². The number of carbonyl (C=O) groups excluding carboxylic acids is 1. The summed E-state index contributed by atoms with van der Waals surface area (Å²) in [5.41, 5.74) is 6.11. The van der Waals surface area contributed by atoms with Crippen LogP contribution in [0, 0.1) is 5.82 Å². The molecule has 1 aromatic heterocycles. The predicted molar refractivity (Wildman–Crippen MR) is 77.7 cm³/mol. The third-order valence-electron chi connectivity index (χ3n) is 3.73. The van der Waals surface area contributed by atoms with Gasteiger partial charge in [0.15, 0.2) is 11.5 Å². The largest absolute Gasteiger partial charge is 0.391 e. The van der Waals surface area contributed by atoms with E-state index in [1.54, 1.807) is 18.2 Å². The minimum Gasteiger partial charge on any atom is -0.391 e. The van der Waals surface area contributed by atoms with Crippen molar-refractivity contribution in [3.8, 4) is 0 Å². The lowest BCUT2D eigenvalue weighted by Gasteiger charge is -2.25. The fourth-order valence-electron chi connectivity index (χ4n) is 2.68. The monoisotopic (exact) mass is 302 g/mol. The van der Waals surface area contributed by atoms with Crippen molar-refractivity contribution in [2.45, 2.75) is 18.6 Å². The number of aliphatic hydroxyl groups is 1. The van der Waals surface area contributed by atoms with Crippen molar-refractivity contribution in [1.82, 2.24) is 10.2 Å². The van der Waals surface area contributed by atoms with E-state index in [2.05, 4.69) is 10.2 Å². The van der Waals surface area contributed by atoms with Crippen LogP contribution in [0.4, 0.5) is 10.2 Å². The quantitative estimate of drug-likeness (QED) is 0.883. The van der Waals surface area contributed by atoms with Crippen molar-refractivity contribution >= 4 is 11.7 Å². The summed E-state index contributed by atoms with van der Waals surface area (Å²) in [5, 5.41) is 17.7. The molecule has 1 aliphatic heterocycles. The van der Waals surface area contributed by atoms with E-state index < -0.39 is 12.0 Å². The van der Waals surface area contributed by atoms with E-state index in [4.69, 9.17) is 5.73 Å². The van der Waals surface area contributed by atoms with Crippen LogP contribution in [-0.4, -0.2) is 33.9 Å². The van der Waals surface area contributed by atoms with Crippen LogP contribution >= 0.6 is 0 Å². The number of aromatic nitrogens is 2. The fourth-order valence-corrected chi connectivity index (χ4v) is 2.68. The summed E-state index contributed by atoms with van der Waals surface area (Å²) in [7, 11) is 0.